The molecule has 2 aromatic rings. The highest BCUT2D eigenvalue weighted by molar-refractivity contribution is 6.74. The van der Waals surface area contributed by atoms with Crippen molar-refractivity contribution in [2.75, 3.05) is 0 Å². The van der Waals surface area contributed by atoms with Crippen LogP contribution in [0.25, 0.3) is 0 Å². The first-order valence-electron chi connectivity index (χ1n) is 8.93. The van der Waals surface area contributed by atoms with Crippen LogP contribution in [0.15, 0.2) is 36.4 Å². The summed E-state index contributed by atoms with van der Waals surface area (Å²) in [6.45, 7) is 10.4. The molecule has 2 rings (SSSR count). The highest BCUT2D eigenvalue weighted by Crippen LogP contribution is 2.39. The third-order valence-corrected chi connectivity index (χ3v) is 9.45. The van der Waals surface area contributed by atoms with E-state index in [1.807, 2.05) is 0 Å². The van der Waals surface area contributed by atoms with Crippen molar-refractivity contribution in [3.63, 3.8) is 0 Å². The Morgan fingerprint density at radius 2 is 1.46 bits per heavy atom. The van der Waals surface area contributed by atoms with E-state index >= 15 is 0 Å². The molecule has 0 aliphatic rings. The van der Waals surface area contributed by atoms with Crippen LogP contribution in [0.5, 0.6) is 23.0 Å². The van der Waals surface area contributed by atoms with Crippen molar-refractivity contribution in [3.05, 3.63) is 47.5 Å². The summed E-state index contributed by atoms with van der Waals surface area (Å²) in [6, 6.07) is 9.03. The number of phenols is 3. The van der Waals surface area contributed by atoms with Gasteiger partial charge in [0.25, 0.3) is 8.32 Å². The fraction of sp³-hybridized carbons (Fsp3) is 0.333. The molecule has 0 aliphatic carbocycles. The van der Waals surface area contributed by atoms with Crippen molar-refractivity contribution in [2.24, 2.45) is 0 Å². The minimum Gasteiger partial charge on any atom is -0.543 e. The molecule has 150 valence electrons. The van der Waals surface area contributed by atoms with Crippen molar-refractivity contribution in [2.45, 2.75) is 45.3 Å². The Bertz CT molecular complexity index is 912. The maximum atomic E-state index is 12.8. The van der Waals surface area contributed by atoms with Crippen LogP contribution in [0.4, 0.5) is 0 Å². The van der Waals surface area contributed by atoms with Crippen molar-refractivity contribution >= 4 is 19.9 Å². The number of benzene rings is 2. The largest absolute Gasteiger partial charge is 0.543 e. The predicted molar refractivity (Wildman–Crippen MR) is 109 cm³/mol. The molecular formula is C21H26O6Si. The quantitative estimate of drug-likeness (QED) is 0.281. The zero-order chi connectivity index (χ0) is 21.3. The molecule has 3 N–H and O–H groups in total. The molecule has 0 atom stereocenters. The number of ketones is 2. The van der Waals surface area contributed by atoms with E-state index in [1.54, 1.807) is 24.3 Å². The van der Waals surface area contributed by atoms with E-state index in [0.29, 0.717) is 11.3 Å². The predicted octanol–water partition coefficient (Wildman–Crippen LogP) is 4.64. The molecule has 0 saturated heterocycles. The first-order valence-corrected chi connectivity index (χ1v) is 11.8. The van der Waals surface area contributed by atoms with Gasteiger partial charge in [-0.3, -0.25) is 9.59 Å². The Morgan fingerprint density at radius 1 is 0.893 bits per heavy atom. The fourth-order valence-corrected chi connectivity index (χ4v) is 3.38. The number of carbonyl (C=O) groups is 2. The van der Waals surface area contributed by atoms with E-state index < -0.39 is 43.6 Å². The van der Waals surface area contributed by atoms with Gasteiger partial charge in [0.15, 0.2) is 23.1 Å². The van der Waals surface area contributed by atoms with Crippen LogP contribution in [-0.2, 0) is 0 Å². The minimum absolute atomic E-state index is 0.0612. The number of aromatic hydroxyl groups is 3. The summed E-state index contributed by atoms with van der Waals surface area (Å²) in [5.41, 5.74) is 0.0645. The fourth-order valence-electron chi connectivity index (χ4n) is 2.34. The van der Waals surface area contributed by atoms with Gasteiger partial charge in [0, 0.05) is 0 Å². The van der Waals surface area contributed by atoms with E-state index in [4.69, 9.17) is 4.43 Å². The maximum Gasteiger partial charge on any atom is 0.250 e. The van der Waals surface area contributed by atoms with Crippen molar-refractivity contribution in [3.8, 4) is 23.0 Å². The summed E-state index contributed by atoms with van der Waals surface area (Å²) < 4.78 is 6.25. The molecule has 0 unspecified atom stereocenters. The van der Waals surface area contributed by atoms with Gasteiger partial charge >= 0.3 is 0 Å². The first kappa shape index (κ1) is 21.5. The molecule has 0 aromatic heterocycles. The topological polar surface area (TPSA) is 104 Å². The Balaban J connectivity index is 2.29. The molecular weight excluding hydrogens is 376 g/mol. The van der Waals surface area contributed by atoms with Gasteiger partial charge in [0.1, 0.15) is 5.75 Å². The van der Waals surface area contributed by atoms with Crippen LogP contribution in [0.2, 0.25) is 18.1 Å². The smallest absolute Gasteiger partial charge is 0.250 e. The zero-order valence-electron chi connectivity index (χ0n) is 16.7. The number of para-hydroxylation sites is 1. The number of phenolic OH excluding ortho intramolecular Hbond substituents is 3. The number of rotatable bonds is 6. The van der Waals surface area contributed by atoms with Gasteiger partial charge < -0.3 is 19.7 Å². The van der Waals surface area contributed by atoms with Crippen LogP contribution in [0.1, 0.15) is 47.9 Å². The molecule has 0 heterocycles. The lowest BCUT2D eigenvalue weighted by molar-refractivity contribution is 0.0891. The third-order valence-electron chi connectivity index (χ3n) is 5.11. The van der Waals surface area contributed by atoms with E-state index in [2.05, 4.69) is 33.9 Å². The monoisotopic (exact) mass is 402 g/mol. The Hall–Kier alpha value is -2.80. The van der Waals surface area contributed by atoms with Crippen molar-refractivity contribution < 1.29 is 29.3 Å². The second kappa shape index (κ2) is 7.67. The molecule has 28 heavy (non-hydrogen) atoms. The SMILES string of the molecule is CC(C)(C)[Si](C)(C)Oc1ccccc1C(=O)CC(=O)c1ccc(O)c(O)c1O. The molecule has 0 amide bonds. The van der Waals surface area contributed by atoms with Crippen LogP contribution in [-0.4, -0.2) is 35.2 Å². The van der Waals surface area contributed by atoms with Gasteiger partial charge in [-0.25, -0.2) is 0 Å². The molecule has 0 aliphatic heterocycles. The minimum atomic E-state index is -2.19. The second-order valence-corrected chi connectivity index (χ2v) is 12.9. The lowest BCUT2D eigenvalue weighted by Gasteiger charge is -2.36. The normalized spacial score (nSPS) is 11.9. The molecule has 7 heteroatoms. The highest BCUT2D eigenvalue weighted by atomic mass is 28.4. The van der Waals surface area contributed by atoms with E-state index in [0.717, 1.165) is 12.1 Å². The standard InChI is InChI=1S/C21H26O6Si/c1-21(2,3)28(4,5)27-18-9-7-6-8-13(18)16(23)12-17(24)14-10-11-15(22)20(26)19(14)25/h6-11,22,25-26H,12H2,1-5H3. The van der Waals surface area contributed by atoms with Gasteiger partial charge in [-0.1, -0.05) is 32.9 Å². The molecule has 0 spiro atoms. The lowest BCUT2D eigenvalue weighted by atomic mass is 10.00. The van der Waals surface area contributed by atoms with Gasteiger partial charge in [-0.15, -0.1) is 0 Å². The number of Topliss-reactive ketones (excluding diaryl/α,β-unsaturated/α-hetero) is 2. The van der Waals surface area contributed by atoms with Gasteiger partial charge in [-0.2, -0.15) is 0 Å². The van der Waals surface area contributed by atoms with Crippen molar-refractivity contribution in [1.82, 2.24) is 0 Å². The average Bonchev–Trinajstić information content (AvgIpc) is 2.58. The van der Waals surface area contributed by atoms with Gasteiger partial charge in [0.05, 0.1) is 17.5 Å². The average molecular weight is 403 g/mol. The molecule has 0 bridgehead atoms. The highest BCUT2D eigenvalue weighted by Gasteiger charge is 2.39. The number of hydrogen-bond donors (Lipinski definition) is 3. The van der Waals surface area contributed by atoms with Crippen LogP contribution in [0.3, 0.4) is 0 Å². The van der Waals surface area contributed by atoms with E-state index in [-0.39, 0.29) is 10.6 Å². The summed E-state index contributed by atoms with van der Waals surface area (Å²) >= 11 is 0. The summed E-state index contributed by atoms with van der Waals surface area (Å²) in [6.07, 6.45) is -0.504. The zero-order valence-corrected chi connectivity index (χ0v) is 17.7. The number of hydrogen-bond acceptors (Lipinski definition) is 6. The molecule has 0 radical (unpaired) electrons. The third kappa shape index (κ3) is 4.36. The van der Waals surface area contributed by atoms with Crippen LogP contribution in [0, 0.1) is 0 Å². The molecule has 0 fully saturated rings. The van der Waals surface area contributed by atoms with Gasteiger partial charge in [0.2, 0.25) is 5.75 Å². The Labute approximate surface area is 165 Å². The molecule has 2 aromatic carbocycles. The lowest BCUT2D eigenvalue weighted by Crippen LogP contribution is -2.44. The van der Waals surface area contributed by atoms with Gasteiger partial charge in [-0.05, 0) is 42.4 Å². The maximum absolute atomic E-state index is 12.8. The van der Waals surface area contributed by atoms with Crippen molar-refractivity contribution in [1.29, 1.82) is 0 Å². The summed E-state index contributed by atoms with van der Waals surface area (Å²) in [5, 5.41) is 28.8. The van der Waals surface area contributed by atoms with E-state index in [1.165, 1.54) is 0 Å². The summed E-state index contributed by atoms with van der Waals surface area (Å²) in [7, 11) is -2.19. The summed E-state index contributed by atoms with van der Waals surface area (Å²) in [4.78, 5) is 25.2. The Kier molecular flexibility index (Phi) is 5.89. The van der Waals surface area contributed by atoms with Crippen LogP contribution >= 0.6 is 0 Å². The Morgan fingerprint density at radius 3 is 2.07 bits per heavy atom. The van der Waals surface area contributed by atoms with Crippen LogP contribution < -0.4 is 4.43 Å². The number of carbonyl (C=O) groups excluding carboxylic acids is 2. The molecule has 0 saturated carbocycles. The molecule has 6 nitrogen and oxygen atoms in total. The first-order chi connectivity index (χ1) is 12.8. The second-order valence-electron chi connectivity index (χ2n) is 8.21. The summed E-state index contributed by atoms with van der Waals surface area (Å²) in [5.74, 6) is -2.77. The van der Waals surface area contributed by atoms with E-state index in [9.17, 15) is 24.9 Å².